The predicted molar refractivity (Wildman–Crippen MR) is 64.2 cm³/mol. The number of ether oxygens (including phenoxy) is 2. The van der Waals surface area contributed by atoms with E-state index in [4.69, 9.17) is 4.74 Å². The number of carbonyl (C=O) groups is 1. The predicted octanol–water partition coefficient (Wildman–Crippen LogP) is 2.35. The van der Waals surface area contributed by atoms with Gasteiger partial charge in [-0.25, -0.2) is 9.59 Å². The van der Waals surface area contributed by atoms with Crippen LogP contribution in [0.2, 0.25) is 0 Å². The van der Waals surface area contributed by atoms with Crippen LogP contribution >= 0.6 is 0 Å². The summed E-state index contributed by atoms with van der Waals surface area (Å²) in [4.78, 5) is 22.1. The number of rotatable bonds is 4. The number of esters is 1. The summed E-state index contributed by atoms with van der Waals surface area (Å²) < 4.78 is 9.73. The highest BCUT2D eigenvalue weighted by Gasteiger charge is 2.14. The van der Waals surface area contributed by atoms with Crippen LogP contribution in [0, 0.1) is 0 Å². The zero-order chi connectivity index (χ0) is 12.8. The zero-order valence-corrected chi connectivity index (χ0v) is 9.33. The number of hydrogen-bond donors (Lipinski definition) is 0. The Hall–Kier alpha value is -2.62. The van der Waals surface area contributed by atoms with E-state index in [1.165, 1.54) is 18.6 Å². The van der Waals surface area contributed by atoms with Gasteiger partial charge in [0.2, 0.25) is 0 Å². The summed E-state index contributed by atoms with van der Waals surface area (Å²) in [7, 11) is 0. The minimum atomic E-state index is -0.591. The monoisotopic (exact) mass is 241 g/mol. The van der Waals surface area contributed by atoms with Crippen LogP contribution in [0.5, 0.6) is 11.5 Å². The third kappa shape index (κ3) is 2.74. The fourth-order valence-corrected chi connectivity index (χ4v) is 1.42. The van der Waals surface area contributed by atoms with Gasteiger partial charge in [0.05, 0.1) is 0 Å². The second-order valence-corrected chi connectivity index (χ2v) is 3.38. The van der Waals surface area contributed by atoms with Crippen LogP contribution < -0.4 is 9.47 Å². The van der Waals surface area contributed by atoms with Crippen LogP contribution in [0.15, 0.2) is 54.6 Å². The van der Waals surface area contributed by atoms with E-state index >= 15 is 0 Å². The standard InChI is InChI=1S/C14H9O4/c15-10-17-13-9-5-4-8-12(13)14(16)18-11-6-2-1-3-7-11/h1-9H. The van der Waals surface area contributed by atoms with Gasteiger partial charge in [-0.2, -0.15) is 0 Å². The second kappa shape index (κ2) is 5.63. The van der Waals surface area contributed by atoms with Crippen LogP contribution in [0.1, 0.15) is 10.4 Å². The second-order valence-electron chi connectivity index (χ2n) is 3.38. The normalized spacial score (nSPS) is 9.56. The zero-order valence-electron chi connectivity index (χ0n) is 9.33. The first-order valence-electron chi connectivity index (χ1n) is 5.21. The molecule has 0 aliphatic rings. The Kier molecular flexibility index (Phi) is 3.71. The van der Waals surface area contributed by atoms with Crippen molar-refractivity contribution >= 4 is 12.4 Å². The molecule has 4 heteroatoms. The van der Waals surface area contributed by atoms with Gasteiger partial charge in [0.15, 0.2) is 0 Å². The van der Waals surface area contributed by atoms with Crippen molar-refractivity contribution in [3.63, 3.8) is 0 Å². The van der Waals surface area contributed by atoms with Crippen molar-refractivity contribution in [2.45, 2.75) is 0 Å². The molecule has 0 aliphatic carbocycles. The molecule has 0 bridgehead atoms. The average Bonchev–Trinajstić information content (AvgIpc) is 2.41. The lowest BCUT2D eigenvalue weighted by Crippen LogP contribution is -2.10. The van der Waals surface area contributed by atoms with Gasteiger partial charge in [0.1, 0.15) is 17.1 Å². The lowest BCUT2D eigenvalue weighted by atomic mass is 10.2. The molecule has 0 aliphatic heterocycles. The molecular formula is C14H9O4. The van der Waals surface area contributed by atoms with Crippen LogP contribution in [-0.4, -0.2) is 12.4 Å². The summed E-state index contributed by atoms with van der Waals surface area (Å²) >= 11 is 0. The molecule has 0 amide bonds. The molecule has 0 aromatic heterocycles. The van der Waals surface area contributed by atoms with Gasteiger partial charge in [0.25, 0.3) is 0 Å². The molecule has 2 rings (SSSR count). The lowest BCUT2D eigenvalue weighted by molar-refractivity contribution is 0.0732. The first-order chi connectivity index (χ1) is 8.81. The van der Waals surface area contributed by atoms with Crippen molar-refractivity contribution in [1.29, 1.82) is 0 Å². The van der Waals surface area contributed by atoms with Crippen molar-refractivity contribution in [3.8, 4) is 11.5 Å². The van der Waals surface area contributed by atoms with Gasteiger partial charge in [-0.1, -0.05) is 30.3 Å². The van der Waals surface area contributed by atoms with Crippen LogP contribution in [0.25, 0.3) is 0 Å². The van der Waals surface area contributed by atoms with Crippen molar-refractivity contribution < 1.29 is 19.1 Å². The molecule has 4 nitrogen and oxygen atoms in total. The van der Waals surface area contributed by atoms with Crippen LogP contribution in [0.3, 0.4) is 0 Å². The summed E-state index contributed by atoms with van der Waals surface area (Å²) in [5, 5.41) is 0. The van der Waals surface area contributed by atoms with E-state index in [0.717, 1.165) is 0 Å². The molecule has 2 aromatic carbocycles. The Morgan fingerprint density at radius 3 is 2.33 bits per heavy atom. The average molecular weight is 241 g/mol. The Labute approximate surface area is 104 Å². The number of hydrogen-bond acceptors (Lipinski definition) is 4. The first kappa shape index (κ1) is 11.9. The molecule has 0 unspecified atom stereocenters. The molecule has 18 heavy (non-hydrogen) atoms. The van der Waals surface area contributed by atoms with Crippen molar-refractivity contribution in [1.82, 2.24) is 0 Å². The number of carbonyl (C=O) groups excluding carboxylic acids is 2. The summed E-state index contributed by atoms with van der Waals surface area (Å²) in [5.41, 5.74) is 0.171. The Balaban J connectivity index is 2.21. The van der Waals surface area contributed by atoms with Crippen molar-refractivity contribution in [3.05, 3.63) is 60.2 Å². The minimum Gasteiger partial charge on any atom is -0.423 e. The third-order valence-electron chi connectivity index (χ3n) is 2.21. The van der Waals surface area contributed by atoms with Crippen LogP contribution in [0.4, 0.5) is 0 Å². The van der Waals surface area contributed by atoms with E-state index in [-0.39, 0.29) is 11.3 Å². The summed E-state index contributed by atoms with van der Waals surface area (Å²) in [6.07, 6.45) is 0. The van der Waals surface area contributed by atoms with Gasteiger partial charge < -0.3 is 9.47 Å². The van der Waals surface area contributed by atoms with Gasteiger partial charge in [-0.05, 0) is 24.3 Å². The maximum atomic E-state index is 11.9. The van der Waals surface area contributed by atoms with Crippen molar-refractivity contribution in [2.75, 3.05) is 0 Å². The van der Waals surface area contributed by atoms with E-state index < -0.39 is 5.97 Å². The molecule has 89 valence electrons. The highest BCUT2D eigenvalue weighted by Crippen LogP contribution is 2.20. The smallest absolute Gasteiger partial charge is 0.423 e. The van der Waals surface area contributed by atoms with E-state index in [1.807, 2.05) is 6.07 Å². The van der Waals surface area contributed by atoms with Gasteiger partial charge >= 0.3 is 12.4 Å². The Morgan fingerprint density at radius 2 is 1.61 bits per heavy atom. The van der Waals surface area contributed by atoms with E-state index in [0.29, 0.717) is 5.75 Å². The minimum absolute atomic E-state index is 0.119. The Morgan fingerprint density at radius 1 is 0.944 bits per heavy atom. The molecule has 0 N–H and O–H groups in total. The molecule has 0 atom stereocenters. The van der Waals surface area contributed by atoms with Gasteiger partial charge in [-0.15, -0.1) is 0 Å². The van der Waals surface area contributed by atoms with E-state index in [9.17, 15) is 9.59 Å². The third-order valence-corrected chi connectivity index (χ3v) is 2.21. The Bertz CT molecular complexity index is 549. The fourth-order valence-electron chi connectivity index (χ4n) is 1.42. The largest absolute Gasteiger partial charge is 0.423 e. The summed E-state index contributed by atoms with van der Waals surface area (Å²) in [6, 6.07) is 14.9. The molecular weight excluding hydrogens is 232 g/mol. The quantitative estimate of drug-likeness (QED) is 0.609. The molecule has 0 heterocycles. The first-order valence-corrected chi connectivity index (χ1v) is 5.21. The molecule has 0 spiro atoms. The van der Waals surface area contributed by atoms with E-state index in [1.54, 1.807) is 36.4 Å². The number of para-hydroxylation sites is 2. The molecule has 2 aromatic rings. The van der Waals surface area contributed by atoms with Gasteiger partial charge in [-0.3, -0.25) is 0 Å². The summed E-state index contributed by atoms with van der Waals surface area (Å²) in [6.45, 7) is 1.29. The topological polar surface area (TPSA) is 52.6 Å². The maximum Gasteiger partial charge on any atom is 0.423 e. The fraction of sp³-hybridized carbons (Fsp3) is 0. The lowest BCUT2D eigenvalue weighted by Gasteiger charge is -2.06. The highest BCUT2D eigenvalue weighted by molar-refractivity contribution is 5.94. The van der Waals surface area contributed by atoms with Crippen molar-refractivity contribution in [2.24, 2.45) is 0 Å². The summed E-state index contributed by atoms with van der Waals surface area (Å²) in [5.74, 6) is -0.0483. The maximum absolute atomic E-state index is 11.9. The highest BCUT2D eigenvalue weighted by atomic mass is 16.5. The van der Waals surface area contributed by atoms with E-state index in [2.05, 4.69) is 4.74 Å². The SMILES string of the molecule is O=[C]Oc1ccccc1C(=O)Oc1ccccc1. The van der Waals surface area contributed by atoms with Crippen LogP contribution in [-0.2, 0) is 4.79 Å². The molecule has 0 saturated carbocycles. The molecule has 0 saturated heterocycles. The van der Waals surface area contributed by atoms with Gasteiger partial charge in [0, 0.05) is 0 Å². The molecule has 1 radical (unpaired) electrons. The molecule has 0 fully saturated rings. The number of benzene rings is 2.